The lowest BCUT2D eigenvalue weighted by Gasteiger charge is -2.07. The average Bonchev–Trinajstić information content (AvgIpc) is 3.13. The lowest BCUT2D eigenvalue weighted by Crippen LogP contribution is -2.26. The first-order chi connectivity index (χ1) is 9.54. The third kappa shape index (κ3) is 2.69. The Morgan fingerprint density at radius 2 is 2.10 bits per heavy atom. The molecule has 0 unspecified atom stereocenters. The van der Waals surface area contributed by atoms with Gasteiger partial charge in [-0.1, -0.05) is 23.2 Å². The highest BCUT2D eigenvalue weighted by molar-refractivity contribution is 6.42. The Morgan fingerprint density at radius 1 is 1.40 bits per heavy atom. The van der Waals surface area contributed by atoms with Crippen LogP contribution < -0.4 is 11.1 Å². The zero-order valence-corrected chi connectivity index (χ0v) is 12.2. The number of carbonyl (C=O) groups is 1. The van der Waals surface area contributed by atoms with Crippen molar-refractivity contribution >= 4 is 46.1 Å². The molecule has 1 aromatic carbocycles. The van der Waals surface area contributed by atoms with Crippen molar-refractivity contribution in [2.75, 3.05) is 5.73 Å². The summed E-state index contributed by atoms with van der Waals surface area (Å²) in [5.41, 5.74) is 7.36. The molecule has 0 aliphatic heterocycles. The zero-order valence-electron chi connectivity index (χ0n) is 10.7. The van der Waals surface area contributed by atoms with Gasteiger partial charge in [-0.05, 0) is 25.0 Å². The normalized spacial score (nSPS) is 14.7. The van der Waals surface area contributed by atoms with Crippen LogP contribution in [0.2, 0.25) is 10.0 Å². The Morgan fingerprint density at radius 3 is 2.80 bits per heavy atom. The number of benzene rings is 1. The minimum atomic E-state index is 0.0359. The lowest BCUT2D eigenvalue weighted by atomic mass is 10.3. The number of nitrogens with one attached hydrogen (secondary N) is 1. The van der Waals surface area contributed by atoms with Crippen molar-refractivity contribution in [3.8, 4) is 0 Å². The van der Waals surface area contributed by atoms with Crippen molar-refractivity contribution in [2.24, 2.45) is 0 Å². The largest absolute Gasteiger partial charge is 0.369 e. The van der Waals surface area contributed by atoms with Crippen LogP contribution in [0, 0.1) is 0 Å². The standard InChI is InChI=1S/C13H14Cl2N4O/c14-8-5-10-11(6-9(8)15)19(13(16)18-10)4-3-12(20)17-7-1-2-7/h5-7H,1-4H2,(H2,16,18)(H,17,20). The van der Waals surface area contributed by atoms with Gasteiger partial charge in [0.25, 0.3) is 0 Å². The number of halogens is 2. The fourth-order valence-corrected chi connectivity index (χ4v) is 2.43. The number of aromatic nitrogens is 2. The van der Waals surface area contributed by atoms with E-state index in [0.717, 1.165) is 18.4 Å². The van der Waals surface area contributed by atoms with E-state index in [0.29, 0.717) is 40.5 Å². The molecule has 3 rings (SSSR count). The predicted molar refractivity (Wildman–Crippen MR) is 79.9 cm³/mol. The molecule has 1 fully saturated rings. The Balaban J connectivity index is 1.81. The summed E-state index contributed by atoms with van der Waals surface area (Å²) < 4.78 is 1.78. The smallest absolute Gasteiger partial charge is 0.222 e. The zero-order chi connectivity index (χ0) is 14.3. The van der Waals surface area contributed by atoms with Crippen LogP contribution >= 0.6 is 23.2 Å². The second-order valence-electron chi connectivity index (χ2n) is 4.97. The number of amides is 1. The fraction of sp³-hybridized carbons (Fsp3) is 0.385. The van der Waals surface area contributed by atoms with Crippen molar-refractivity contribution in [3.05, 3.63) is 22.2 Å². The summed E-state index contributed by atoms with van der Waals surface area (Å²) >= 11 is 12.0. The van der Waals surface area contributed by atoms with E-state index in [1.165, 1.54) is 0 Å². The van der Waals surface area contributed by atoms with Crippen LogP contribution in [0.4, 0.5) is 5.95 Å². The number of imidazole rings is 1. The van der Waals surface area contributed by atoms with E-state index in [4.69, 9.17) is 28.9 Å². The van der Waals surface area contributed by atoms with Gasteiger partial charge in [-0.3, -0.25) is 4.79 Å². The molecule has 2 aromatic rings. The molecule has 1 heterocycles. The molecule has 1 amide bonds. The number of nitrogen functional groups attached to an aromatic ring is 1. The Kier molecular flexibility index (Phi) is 3.48. The van der Waals surface area contributed by atoms with E-state index in [-0.39, 0.29) is 5.91 Å². The number of carbonyl (C=O) groups excluding carboxylic acids is 1. The van der Waals surface area contributed by atoms with Crippen LogP contribution in [0.5, 0.6) is 0 Å². The second kappa shape index (κ2) is 5.14. The summed E-state index contributed by atoms with van der Waals surface area (Å²) in [5, 5.41) is 3.83. The summed E-state index contributed by atoms with van der Waals surface area (Å²) in [6.45, 7) is 0.471. The number of rotatable bonds is 4. The van der Waals surface area contributed by atoms with E-state index in [1.54, 1.807) is 16.7 Å². The van der Waals surface area contributed by atoms with Crippen LogP contribution in [0.3, 0.4) is 0 Å². The van der Waals surface area contributed by atoms with Crippen molar-refractivity contribution in [2.45, 2.75) is 31.8 Å². The first kappa shape index (κ1) is 13.5. The molecule has 0 radical (unpaired) electrons. The lowest BCUT2D eigenvalue weighted by molar-refractivity contribution is -0.121. The molecule has 106 valence electrons. The summed E-state index contributed by atoms with van der Waals surface area (Å²) in [6.07, 6.45) is 2.53. The highest BCUT2D eigenvalue weighted by Gasteiger charge is 2.23. The maximum Gasteiger partial charge on any atom is 0.222 e. The second-order valence-corrected chi connectivity index (χ2v) is 5.78. The summed E-state index contributed by atoms with van der Waals surface area (Å²) in [7, 11) is 0. The molecule has 0 bridgehead atoms. The highest BCUT2D eigenvalue weighted by atomic mass is 35.5. The molecular formula is C13H14Cl2N4O. The van der Waals surface area contributed by atoms with Gasteiger partial charge in [0, 0.05) is 19.0 Å². The minimum absolute atomic E-state index is 0.0359. The van der Waals surface area contributed by atoms with Gasteiger partial charge in [-0.15, -0.1) is 0 Å². The van der Waals surface area contributed by atoms with Gasteiger partial charge in [0.2, 0.25) is 11.9 Å². The van der Waals surface area contributed by atoms with E-state index in [1.807, 2.05) is 0 Å². The first-order valence-electron chi connectivity index (χ1n) is 6.44. The molecule has 7 heteroatoms. The number of hydrogen-bond donors (Lipinski definition) is 2. The third-order valence-corrected chi connectivity index (χ3v) is 4.05. The van der Waals surface area contributed by atoms with E-state index < -0.39 is 0 Å². The van der Waals surface area contributed by atoms with Gasteiger partial charge in [0.15, 0.2) is 0 Å². The van der Waals surface area contributed by atoms with Gasteiger partial charge in [-0.25, -0.2) is 4.98 Å². The third-order valence-electron chi connectivity index (χ3n) is 3.32. The Bertz CT molecular complexity index is 679. The molecular weight excluding hydrogens is 299 g/mol. The molecule has 3 N–H and O–H groups in total. The summed E-state index contributed by atoms with van der Waals surface area (Å²) in [5.74, 6) is 0.395. The first-order valence-corrected chi connectivity index (χ1v) is 7.20. The van der Waals surface area contributed by atoms with Crippen LogP contribution in [-0.4, -0.2) is 21.5 Å². The number of hydrogen-bond acceptors (Lipinski definition) is 3. The predicted octanol–water partition coefficient (Wildman–Crippen LogP) is 2.59. The van der Waals surface area contributed by atoms with Crippen molar-refractivity contribution < 1.29 is 4.79 Å². The average molecular weight is 313 g/mol. The van der Waals surface area contributed by atoms with Gasteiger partial charge >= 0.3 is 0 Å². The molecule has 5 nitrogen and oxygen atoms in total. The number of nitrogens with zero attached hydrogens (tertiary/aromatic N) is 2. The van der Waals surface area contributed by atoms with Crippen molar-refractivity contribution in [1.29, 1.82) is 0 Å². The SMILES string of the molecule is Nc1nc2cc(Cl)c(Cl)cc2n1CCC(=O)NC1CC1. The quantitative estimate of drug-likeness (QED) is 0.911. The minimum Gasteiger partial charge on any atom is -0.369 e. The topological polar surface area (TPSA) is 72.9 Å². The molecule has 0 spiro atoms. The fourth-order valence-electron chi connectivity index (χ4n) is 2.11. The summed E-state index contributed by atoms with van der Waals surface area (Å²) in [4.78, 5) is 16.0. The van der Waals surface area contributed by atoms with E-state index in [2.05, 4.69) is 10.3 Å². The molecule has 1 aliphatic rings. The van der Waals surface area contributed by atoms with E-state index in [9.17, 15) is 4.79 Å². The highest BCUT2D eigenvalue weighted by Crippen LogP contribution is 2.29. The van der Waals surface area contributed by atoms with Gasteiger partial charge in [0.05, 0.1) is 21.1 Å². The number of fused-ring (bicyclic) bond motifs is 1. The molecule has 1 saturated carbocycles. The van der Waals surface area contributed by atoms with E-state index >= 15 is 0 Å². The molecule has 1 aliphatic carbocycles. The number of anilines is 1. The van der Waals surface area contributed by atoms with Crippen LogP contribution in [0.25, 0.3) is 11.0 Å². The van der Waals surface area contributed by atoms with Crippen LogP contribution in [-0.2, 0) is 11.3 Å². The summed E-state index contributed by atoms with van der Waals surface area (Å²) in [6, 6.07) is 3.77. The maximum atomic E-state index is 11.7. The molecule has 1 aromatic heterocycles. The molecule has 0 saturated heterocycles. The molecule has 0 atom stereocenters. The number of aryl methyl sites for hydroxylation is 1. The van der Waals surface area contributed by atoms with Crippen molar-refractivity contribution in [3.63, 3.8) is 0 Å². The van der Waals surface area contributed by atoms with Gasteiger partial charge in [-0.2, -0.15) is 0 Å². The Hall–Kier alpha value is -1.46. The van der Waals surface area contributed by atoms with Gasteiger partial charge in [0.1, 0.15) is 0 Å². The van der Waals surface area contributed by atoms with Crippen molar-refractivity contribution in [1.82, 2.24) is 14.9 Å². The molecule has 20 heavy (non-hydrogen) atoms. The maximum absolute atomic E-state index is 11.7. The van der Waals surface area contributed by atoms with Crippen LogP contribution in [0.15, 0.2) is 12.1 Å². The number of nitrogens with two attached hydrogens (primary N) is 1. The van der Waals surface area contributed by atoms with Crippen LogP contribution in [0.1, 0.15) is 19.3 Å². The monoisotopic (exact) mass is 312 g/mol. The Labute approximate surface area is 126 Å². The van der Waals surface area contributed by atoms with Gasteiger partial charge < -0.3 is 15.6 Å².